The van der Waals surface area contributed by atoms with Gasteiger partial charge in [-0.05, 0) is 43.4 Å². The van der Waals surface area contributed by atoms with Crippen molar-refractivity contribution in [2.24, 2.45) is 0 Å². The minimum atomic E-state index is -0.339. The van der Waals surface area contributed by atoms with Gasteiger partial charge in [0.2, 0.25) is 5.91 Å². The van der Waals surface area contributed by atoms with Crippen molar-refractivity contribution >= 4 is 11.8 Å². The van der Waals surface area contributed by atoms with Gasteiger partial charge in [0, 0.05) is 19.1 Å². The van der Waals surface area contributed by atoms with E-state index in [0.29, 0.717) is 31.5 Å². The molecule has 1 aliphatic heterocycles. The lowest BCUT2D eigenvalue weighted by atomic mass is 10.0. The molecule has 5 heteroatoms. The van der Waals surface area contributed by atoms with E-state index in [2.05, 4.69) is 17.2 Å². The van der Waals surface area contributed by atoms with Gasteiger partial charge in [-0.25, -0.2) is 4.39 Å². The summed E-state index contributed by atoms with van der Waals surface area (Å²) >= 11 is 0. The molecule has 1 saturated heterocycles. The second kappa shape index (κ2) is 7.60. The molecule has 2 amide bonds. The van der Waals surface area contributed by atoms with Crippen LogP contribution < -0.4 is 5.32 Å². The van der Waals surface area contributed by atoms with Crippen molar-refractivity contribution in [2.75, 3.05) is 13.1 Å². The van der Waals surface area contributed by atoms with E-state index in [1.54, 1.807) is 24.0 Å². The minimum absolute atomic E-state index is 0.0553. The van der Waals surface area contributed by atoms with Crippen molar-refractivity contribution in [3.05, 3.63) is 35.6 Å². The fourth-order valence-corrected chi connectivity index (χ4v) is 2.52. The van der Waals surface area contributed by atoms with E-state index in [9.17, 15) is 14.0 Å². The van der Waals surface area contributed by atoms with Crippen LogP contribution in [0.5, 0.6) is 0 Å². The van der Waals surface area contributed by atoms with Crippen LogP contribution in [-0.4, -0.2) is 35.8 Å². The van der Waals surface area contributed by atoms with Crippen LogP contribution in [0.25, 0.3) is 0 Å². The molecule has 0 atom stereocenters. The quantitative estimate of drug-likeness (QED) is 0.860. The normalized spacial score (nSPS) is 14.9. The van der Waals surface area contributed by atoms with Crippen molar-refractivity contribution < 1.29 is 14.0 Å². The first-order valence-electron chi connectivity index (χ1n) is 7.34. The fraction of sp³-hybridized carbons (Fsp3) is 0.412. The van der Waals surface area contributed by atoms with Crippen LogP contribution in [0.4, 0.5) is 4.39 Å². The molecule has 0 aliphatic carbocycles. The Morgan fingerprint density at radius 3 is 2.73 bits per heavy atom. The van der Waals surface area contributed by atoms with Gasteiger partial charge in [0.25, 0.3) is 5.91 Å². The van der Waals surface area contributed by atoms with E-state index >= 15 is 0 Å². The van der Waals surface area contributed by atoms with E-state index in [4.69, 9.17) is 0 Å². The second-order valence-corrected chi connectivity index (χ2v) is 5.32. The van der Waals surface area contributed by atoms with Gasteiger partial charge in [-0.3, -0.25) is 9.59 Å². The van der Waals surface area contributed by atoms with Gasteiger partial charge in [-0.15, -0.1) is 0 Å². The number of nitrogens with zero attached hydrogens (tertiary/aromatic N) is 1. The zero-order valence-electron chi connectivity index (χ0n) is 12.6. The van der Waals surface area contributed by atoms with Crippen molar-refractivity contribution in [2.45, 2.75) is 32.2 Å². The number of nitrogens with one attached hydrogen (secondary N) is 1. The molecular weight excluding hydrogens is 283 g/mol. The Balaban J connectivity index is 1.79. The lowest BCUT2D eigenvalue weighted by Gasteiger charge is -2.31. The number of halogens is 1. The molecule has 0 radical (unpaired) electrons. The van der Waals surface area contributed by atoms with Gasteiger partial charge in [-0.2, -0.15) is 0 Å². The highest BCUT2D eigenvalue weighted by Crippen LogP contribution is 2.11. The van der Waals surface area contributed by atoms with Crippen molar-refractivity contribution in [1.82, 2.24) is 10.2 Å². The third-order valence-corrected chi connectivity index (χ3v) is 3.63. The third-order valence-electron chi connectivity index (χ3n) is 3.63. The first-order valence-corrected chi connectivity index (χ1v) is 7.34. The van der Waals surface area contributed by atoms with E-state index in [1.165, 1.54) is 12.1 Å². The molecule has 1 N–H and O–H groups in total. The number of carbonyl (C=O) groups excluding carboxylic acids is 2. The first-order chi connectivity index (χ1) is 10.6. The maximum Gasteiger partial charge on any atom is 0.298 e. The van der Waals surface area contributed by atoms with Crippen LogP contribution in [0.3, 0.4) is 0 Å². The Morgan fingerprint density at radius 2 is 2.09 bits per heavy atom. The summed E-state index contributed by atoms with van der Waals surface area (Å²) in [6.45, 7) is 2.83. The van der Waals surface area contributed by atoms with Crippen molar-refractivity contribution in [3.63, 3.8) is 0 Å². The summed E-state index contributed by atoms with van der Waals surface area (Å²) in [6, 6.07) is 6.10. The smallest absolute Gasteiger partial charge is 0.298 e. The molecule has 1 aromatic carbocycles. The average molecular weight is 302 g/mol. The summed E-state index contributed by atoms with van der Waals surface area (Å²) in [7, 11) is 0. The summed E-state index contributed by atoms with van der Waals surface area (Å²) in [4.78, 5) is 25.3. The number of hydrogen-bond acceptors (Lipinski definition) is 2. The van der Waals surface area contributed by atoms with E-state index in [1.807, 2.05) is 0 Å². The van der Waals surface area contributed by atoms with Crippen molar-refractivity contribution in [1.29, 1.82) is 0 Å². The Hall–Kier alpha value is -2.35. The Kier molecular flexibility index (Phi) is 5.54. The summed E-state index contributed by atoms with van der Waals surface area (Å²) in [5.41, 5.74) is 0.656. The lowest BCUT2D eigenvalue weighted by Crippen LogP contribution is -2.46. The maximum atomic E-state index is 13.1. The second-order valence-electron chi connectivity index (χ2n) is 5.32. The number of piperidine rings is 1. The summed E-state index contributed by atoms with van der Waals surface area (Å²) < 4.78 is 13.1. The van der Waals surface area contributed by atoms with Gasteiger partial charge in [-0.1, -0.05) is 18.1 Å². The van der Waals surface area contributed by atoms with Crippen LogP contribution >= 0.6 is 0 Å². The van der Waals surface area contributed by atoms with Crippen LogP contribution in [0.1, 0.15) is 25.3 Å². The Labute approximate surface area is 129 Å². The molecule has 0 spiro atoms. The zero-order valence-corrected chi connectivity index (χ0v) is 12.6. The number of carbonyl (C=O) groups is 2. The largest absolute Gasteiger partial charge is 0.353 e. The molecule has 116 valence electrons. The molecular formula is C17H19FN2O2. The van der Waals surface area contributed by atoms with Gasteiger partial charge < -0.3 is 10.2 Å². The van der Waals surface area contributed by atoms with Gasteiger partial charge in [0.1, 0.15) is 5.82 Å². The molecule has 1 heterocycles. The van der Waals surface area contributed by atoms with Gasteiger partial charge in [0.15, 0.2) is 0 Å². The molecule has 0 aromatic heterocycles. The molecule has 2 rings (SSSR count). The van der Waals surface area contributed by atoms with E-state index < -0.39 is 0 Å². The number of benzene rings is 1. The van der Waals surface area contributed by atoms with Gasteiger partial charge >= 0.3 is 0 Å². The number of rotatable bonds is 3. The van der Waals surface area contributed by atoms with Crippen LogP contribution in [0, 0.1) is 17.7 Å². The molecule has 0 bridgehead atoms. The zero-order chi connectivity index (χ0) is 15.9. The SMILES string of the molecule is CC#CC(=O)N1CCC(NC(=O)Cc2cccc(F)c2)CC1. The molecule has 22 heavy (non-hydrogen) atoms. The Bertz CT molecular complexity index is 611. The summed E-state index contributed by atoms with van der Waals surface area (Å²) in [5, 5.41) is 2.94. The highest BCUT2D eigenvalue weighted by molar-refractivity contribution is 5.93. The van der Waals surface area contributed by atoms with Gasteiger partial charge in [0.05, 0.1) is 6.42 Å². The van der Waals surface area contributed by atoms with E-state index in [-0.39, 0.29) is 30.1 Å². The minimum Gasteiger partial charge on any atom is -0.353 e. The van der Waals surface area contributed by atoms with Crippen molar-refractivity contribution in [3.8, 4) is 11.8 Å². The highest BCUT2D eigenvalue weighted by atomic mass is 19.1. The predicted octanol–water partition coefficient (Wildman–Crippen LogP) is 1.50. The van der Waals surface area contributed by atoms with Crippen LogP contribution in [0.15, 0.2) is 24.3 Å². The number of amides is 2. The van der Waals surface area contributed by atoms with Crippen LogP contribution in [-0.2, 0) is 16.0 Å². The third kappa shape index (κ3) is 4.59. The molecule has 0 saturated carbocycles. The topological polar surface area (TPSA) is 49.4 Å². The molecule has 1 fully saturated rings. The number of hydrogen-bond donors (Lipinski definition) is 1. The molecule has 4 nitrogen and oxygen atoms in total. The maximum absolute atomic E-state index is 13.1. The monoisotopic (exact) mass is 302 g/mol. The standard InChI is InChI=1S/C17H19FN2O2/c1-2-4-17(22)20-9-7-15(8-10-20)19-16(21)12-13-5-3-6-14(18)11-13/h3,5-6,11,15H,7-10,12H2,1H3,(H,19,21). The predicted molar refractivity (Wildman–Crippen MR) is 81.3 cm³/mol. The highest BCUT2D eigenvalue weighted by Gasteiger charge is 2.22. The molecule has 1 aliphatic rings. The summed E-state index contributed by atoms with van der Waals surface area (Å²) in [5.74, 6) is 4.50. The fourth-order valence-electron chi connectivity index (χ4n) is 2.52. The number of likely N-dealkylation sites (tertiary alicyclic amines) is 1. The molecule has 0 unspecified atom stereocenters. The lowest BCUT2D eigenvalue weighted by molar-refractivity contribution is -0.126. The summed E-state index contributed by atoms with van der Waals surface area (Å²) in [6.07, 6.45) is 1.59. The van der Waals surface area contributed by atoms with Crippen LogP contribution in [0.2, 0.25) is 0 Å². The average Bonchev–Trinajstić information content (AvgIpc) is 2.48. The first kappa shape index (κ1) is 16.0. The molecule has 1 aromatic rings. The Morgan fingerprint density at radius 1 is 1.36 bits per heavy atom. The van der Waals surface area contributed by atoms with E-state index in [0.717, 1.165) is 0 Å².